The maximum atomic E-state index is 12.3. The molecule has 124 valence electrons. The number of ether oxygens (including phenoxy) is 1. The summed E-state index contributed by atoms with van der Waals surface area (Å²) < 4.78 is 5.21. The van der Waals surface area contributed by atoms with Crippen molar-refractivity contribution in [2.24, 2.45) is 0 Å². The second-order valence-corrected chi connectivity index (χ2v) is 6.04. The van der Waals surface area contributed by atoms with Crippen molar-refractivity contribution in [1.82, 2.24) is 10.2 Å². The smallest absolute Gasteiger partial charge is 0.168 e. The number of carbonyl (C=O) groups excluding carboxylic acids is 2. The molecule has 23 heavy (non-hydrogen) atoms. The number of carbonyl (C=O) groups is 2. The normalized spacial score (nSPS) is 18.3. The Morgan fingerprint density at radius 3 is 2.57 bits per heavy atom. The second kappa shape index (κ2) is 7.92. The standard InChI is InChI=1S/C18H24N2O3/c1-20(2)8-7-19-12-16-17(21)10-14(11-18(16)22)13-5-4-6-15(9-13)23-3/h4-6,9,12,14,19H,7-8,10-11H2,1-3H3. The van der Waals surface area contributed by atoms with Crippen LogP contribution in [0.4, 0.5) is 0 Å². The van der Waals surface area contributed by atoms with E-state index in [1.807, 2.05) is 43.3 Å². The van der Waals surface area contributed by atoms with Gasteiger partial charge in [-0.25, -0.2) is 0 Å². The predicted octanol–water partition coefficient (Wildman–Crippen LogP) is 1.75. The fourth-order valence-corrected chi connectivity index (χ4v) is 2.65. The zero-order valence-electron chi connectivity index (χ0n) is 14.0. The first-order chi connectivity index (χ1) is 11.0. The van der Waals surface area contributed by atoms with E-state index in [0.717, 1.165) is 17.9 Å². The number of nitrogens with zero attached hydrogens (tertiary/aromatic N) is 1. The van der Waals surface area contributed by atoms with Crippen LogP contribution in [0.5, 0.6) is 5.75 Å². The highest BCUT2D eigenvalue weighted by atomic mass is 16.5. The molecule has 1 N–H and O–H groups in total. The van der Waals surface area contributed by atoms with Gasteiger partial charge in [0.1, 0.15) is 5.75 Å². The van der Waals surface area contributed by atoms with Gasteiger partial charge in [-0.3, -0.25) is 9.59 Å². The summed E-state index contributed by atoms with van der Waals surface area (Å²) in [7, 11) is 5.56. The van der Waals surface area contributed by atoms with E-state index < -0.39 is 0 Å². The molecule has 0 unspecified atom stereocenters. The van der Waals surface area contributed by atoms with Crippen LogP contribution in [0.15, 0.2) is 36.0 Å². The molecule has 0 radical (unpaired) electrons. The van der Waals surface area contributed by atoms with Gasteiger partial charge in [0, 0.05) is 32.1 Å². The maximum absolute atomic E-state index is 12.3. The van der Waals surface area contributed by atoms with Crippen LogP contribution in [0, 0.1) is 0 Å². The van der Waals surface area contributed by atoms with E-state index in [4.69, 9.17) is 4.74 Å². The van der Waals surface area contributed by atoms with Crippen LogP contribution in [0.25, 0.3) is 0 Å². The molecule has 1 aromatic carbocycles. The Labute approximate surface area is 137 Å². The first kappa shape index (κ1) is 17.2. The molecular weight excluding hydrogens is 292 g/mol. The van der Waals surface area contributed by atoms with E-state index in [1.165, 1.54) is 0 Å². The number of benzene rings is 1. The lowest BCUT2D eigenvalue weighted by molar-refractivity contribution is -0.124. The number of hydrogen-bond acceptors (Lipinski definition) is 5. The van der Waals surface area contributed by atoms with Gasteiger partial charge in [-0.1, -0.05) is 12.1 Å². The van der Waals surface area contributed by atoms with E-state index in [0.29, 0.717) is 25.0 Å². The minimum atomic E-state index is -0.0913. The van der Waals surface area contributed by atoms with Crippen LogP contribution in [0.1, 0.15) is 24.3 Å². The van der Waals surface area contributed by atoms with Gasteiger partial charge in [-0.05, 0) is 37.7 Å². The van der Waals surface area contributed by atoms with Crippen LogP contribution in [-0.4, -0.2) is 50.8 Å². The Morgan fingerprint density at radius 2 is 1.96 bits per heavy atom. The molecule has 0 spiro atoms. The number of methoxy groups -OCH3 is 1. The fourth-order valence-electron chi connectivity index (χ4n) is 2.65. The maximum Gasteiger partial charge on any atom is 0.168 e. The van der Waals surface area contributed by atoms with Gasteiger partial charge in [-0.2, -0.15) is 0 Å². The van der Waals surface area contributed by atoms with E-state index in [1.54, 1.807) is 13.3 Å². The lowest BCUT2D eigenvalue weighted by Crippen LogP contribution is -2.28. The molecule has 0 bridgehead atoms. The molecule has 0 saturated heterocycles. The zero-order chi connectivity index (χ0) is 16.8. The first-order valence-corrected chi connectivity index (χ1v) is 7.80. The van der Waals surface area contributed by atoms with Crippen molar-refractivity contribution < 1.29 is 14.3 Å². The number of allylic oxidation sites excluding steroid dienone is 1. The molecule has 0 heterocycles. The van der Waals surface area contributed by atoms with Gasteiger partial charge >= 0.3 is 0 Å². The summed E-state index contributed by atoms with van der Waals surface area (Å²) in [5.41, 5.74) is 1.27. The molecular formula is C18H24N2O3. The Morgan fingerprint density at radius 1 is 1.26 bits per heavy atom. The number of hydrogen-bond donors (Lipinski definition) is 1. The Kier molecular flexibility index (Phi) is 5.93. The molecule has 1 fully saturated rings. The Bertz CT molecular complexity index is 588. The predicted molar refractivity (Wildman–Crippen MR) is 89.6 cm³/mol. The fraction of sp³-hybridized carbons (Fsp3) is 0.444. The van der Waals surface area contributed by atoms with Crippen LogP contribution in [-0.2, 0) is 9.59 Å². The third kappa shape index (κ3) is 4.66. The van der Waals surface area contributed by atoms with Gasteiger partial charge < -0.3 is 15.0 Å². The average molecular weight is 316 g/mol. The molecule has 0 aliphatic heterocycles. The Balaban J connectivity index is 2.02. The lowest BCUT2D eigenvalue weighted by atomic mass is 9.80. The summed E-state index contributed by atoms with van der Waals surface area (Å²) in [6.07, 6.45) is 2.30. The SMILES string of the molecule is COc1cccc(C2CC(=O)C(=CNCCN(C)C)C(=O)C2)c1. The first-order valence-electron chi connectivity index (χ1n) is 7.80. The molecule has 0 aromatic heterocycles. The summed E-state index contributed by atoms with van der Waals surface area (Å²) in [5, 5.41) is 3.05. The number of rotatable bonds is 6. The molecule has 1 aromatic rings. The second-order valence-electron chi connectivity index (χ2n) is 6.04. The number of Topliss-reactive ketones (excluding diaryl/α,β-unsaturated/α-hetero) is 2. The van der Waals surface area contributed by atoms with Crippen molar-refractivity contribution in [3.05, 3.63) is 41.6 Å². The highest BCUT2D eigenvalue weighted by Crippen LogP contribution is 2.32. The van der Waals surface area contributed by atoms with E-state index in [2.05, 4.69) is 5.32 Å². The van der Waals surface area contributed by atoms with Gasteiger partial charge in [-0.15, -0.1) is 0 Å². The summed E-state index contributed by atoms with van der Waals surface area (Å²) in [6.45, 7) is 1.55. The number of likely N-dealkylation sites (N-methyl/N-ethyl adjacent to an activating group) is 1. The third-order valence-electron chi connectivity index (χ3n) is 3.98. The van der Waals surface area contributed by atoms with Crippen molar-refractivity contribution in [1.29, 1.82) is 0 Å². The largest absolute Gasteiger partial charge is 0.497 e. The molecule has 0 amide bonds. The van der Waals surface area contributed by atoms with E-state index in [9.17, 15) is 9.59 Å². The molecule has 5 nitrogen and oxygen atoms in total. The molecule has 1 aliphatic carbocycles. The van der Waals surface area contributed by atoms with Crippen molar-refractivity contribution in [3.63, 3.8) is 0 Å². The van der Waals surface area contributed by atoms with Crippen molar-refractivity contribution in [2.45, 2.75) is 18.8 Å². The lowest BCUT2D eigenvalue weighted by Gasteiger charge is -2.22. The number of nitrogens with one attached hydrogen (secondary N) is 1. The van der Waals surface area contributed by atoms with Crippen LogP contribution >= 0.6 is 0 Å². The van der Waals surface area contributed by atoms with Crippen LogP contribution < -0.4 is 10.1 Å². The van der Waals surface area contributed by atoms with E-state index in [-0.39, 0.29) is 17.5 Å². The highest BCUT2D eigenvalue weighted by molar-refractivity contribution is 6.22. The minimum absolute atomic E-state index is 0.0657. The third-order valence-corrected chi connectivity index (χ3v) is 3.98. The van der Waals surface area contributed by atoms with Gasteiger partial charge in [0.05, 0.1) is 12.7 Å². The average Bonchev–Trinajstić information content (AvgIpc) is 2.53. The van der Waals surface area contributed by atoms with Crippen molar-refractivity contribution in [3.8, 4) is 5.75 Å². The molecule has 2 rings (SSSR count). The van der Waals surface area contributed by atoms with Gasteiger partial charge in [0.2, 0.25) is 0 Å². The quantitative estimate of drug-likeness (QED) is 0.492. The summed E-state index contributed by atoms with van der Waals surface area (Å²) in [6, 6.07) is 7.58. The van der Waals surface area contributed by atoms with Gasteiger partial charge in [0.25, 0.3) is 0 Å². The van der Waals surface area contributed by atoms with Gasteiger partial charge in [0.15, 0.2) is 11.6 Å². The minimum Gasteiger partial charge on any atom is -0.497 e. The summed E-state index contributed by atoms with van der Waals surface area (Å²) in [5.74, 6) is 0.496. The molecule has 1 aliphatic rings. The zero-order valence-corrected chi connectivity index (χ0v) is 14.0. The topological polar surface area (TPSA) is 58.6 Å². The number of ketones is 2. The van der Waals surface area contributed by atoms with Crippen molar-refractivity contribution in [2.75, 3.05) is 34.3 Å². The van der Waals surface area contributed by atoms with Crippen LogP contribution in [0.3, 0.4) is 0 Å². The Hall–Kier alpha value is -2.14. The van der Waals surface area contributed by atoms with E-state index >= 15 is 0 Å². The molecule has 1 saturated carbocycles. The highest BCUT2D eigenvalue weighted by Gasteiger charge is 2.31. The summed E-state index contributed by atoms with van der Waals surface area (Å²) in [4.78, 5) is 26.6. The molecule has 5 heteroatoms. The van der Waals surface area contributed by atoms with Crippen molar-refractivity contribution >= 4 is 11.6 Å². The molecule has 0 atom stereocenters. The van der Waals surface area contributed by atoms with Crippen LogP contribution in [0.2, 0.25) is 0 Å². The monoisotopic (exact) mass is 316 g/mol. The summed E-state index contributed by atoms with van der Waals surface area (Å²) >= 11 is 0.